The fourth-order valence-electron chi connectivity index (χ4n) is 2.37. The third kappa shape index (κ3) is 4.63. The largest absolute Gasteiger partial charge is 0.390 e. The van der Waals surface area contributed by atoms with Crippen molar-refractivity contribution in [3.8, 4) is 0 Å². The molecule has 7 heteroatoms. The number of carbonyl (C=O) groups excluding carboxylic acids is 1. The summed E-state index contributed by atoms with van der Waals surface area (Å²) in [6.45, 7) is 3.02. The molecule has 1 aliphatic heterocycles. The Morgan fingerprint density at radius 1 is 1.40 bits per heavy atom. The van der Waals surface area contributed by atoms with Crippen molar-refractivity contribution in [3.63, 3.8) is 0 Å². The van der Waals surface area contributed by atoms with Crippen molar-refractivity contribution in [3.05, 3.63) is 0 Å². The van der Waals surface area contributed by atoms with Gasteiger partial charge >= 0.3 is 6.18 Å². The smallest absolute Gasteiger partial charge is 0.375 e. The van der Waals surface area contributed by atoms with E-state index in [9.17, 15) is 18.0 Å². The maximum Gasteiger partial charge on any atom is 0.390 e. The van der Waals surface area contributed by atoms with E-state index in [0.29, 0.717) is 25.6 Å². The summed E-state index contributed by atoms with van der Waals surface area (Å²) in [5, 5.41) is 3.04. The van der Waals surface area contributed by atoms with E-state index in [-0.39, 0.29) is 18.6 Å². The van der Waals surface area contributed by atoms with Crippen LogP contribution in [0.25, 0.3) is 0 Å². The van der Waals surface area contributed by atoms with Crippen molar-refractivity contribution < 1.29 is 22.7 Å². The predicted octanol–water partition coefficient (Wildman–Crippen LogP) is 1.55. The topological polar surface area (TPSA) is 41.6 Å². The van der Waals surface area contributed by atoms with Gasteiger partial charge in [-0.1, -0.05) is 0 Å². The summed E-state index contributed by atoms with van der Waals surface area (Å²) in [5.41, 5.74) is 0. The lowest BCUT2D eigenvalue weighted by molar-refractivity contribution is -0.150. The number of nitrogens with one attached hydrogen (secondary N) is 1. The van der Waals surface area contributed by atoms with Crippen LogP contribution in [-0.4, -0.2) is 55.4 Å². The number of nitrogens with zero attached hydrogens (tertiary/aromatic N) is 1. The SMILES string of the molecule is C[C@H]1OCCN[C@@H]1C(=O)N(CCC(F)(F)F)CC1CC1. The van der Waals surface area contributed by atoms with E-state index in [2.05, 4.69) is 5.32 Å². The molecule has 2 aliphatic rings. The average molecular weight is 294 g/mol. The molecule has 0 aromatic rings. The monoisotopic (exact) mass is 294 g/mol. The van der Waals surface area contributed by atoms with Gasteiger partial charge < -0.3 is 15.0 Å². The van der Waals surface area contributed by atoms with Gasteiger partial charge in [0.25, 0.3) is 0 Å². The first-order valence-electron chi connectivity index (χ1n) is 7.07. The van der Waals surface area contributed by atoms with Crippen LogP contribution < -0.4 is 5.32 Å². The zero-order valence-corrected chi connectivity index (χ0v) is 11.6. The minimum Gasteiger partial charge on any atom is -0.375 e. The highest BCUT2D eigenvalue weighted by Crippen LogP contribution is 2.31. The van der Waals surface area contributed by atoms with Gasteiger partial charge in [-0.25, -0.2) is 0 Å². The molecule has 116 valence electrons. The van der Waals surface area contributed by atoms with Crippen molar-refractivity contribution in [1.82, 2.24) is 10.2 Å². The zero-order chi connectivity index (χ0) is 14.8. The second kappa shape index (κ2) is 6.30. The molecule has 0 spiro atoms. The number of carbonyl (C=O) groups is 1. The van der Waals surface area contributed by atoms with Crippen LogP contribution >= 0.6 is 0 Å². The highest BCUT2D eigenvalue weighted by molar-refractivity contribution is 5.82. The Morgan fingerprint density at radius 3 is 2.65 bits per heavy atom. The quantitative estimate of drug-likeness (QED) is 0.836. The molecule has 2 rings (SSSR count). The van der Waals surface area contributed by atoms with Gasteiger partial charge in [0.05, 0.1) is 19.1 Å². The average Bonchev–Trinajstić information content (AvgIpc) is 3.17. The van der Waals surface area contributed by atoms with Gasteiger partial charge in [0.1, 0.15) is 6.04 Å². The van der Waals surface area contributed by atoms with Gasteiger partial charge in [-0.15, -0.1) is 0 Å². The van der Waals surface area contributed by atoms with Gasteiger partial charge in [0.2, 0.25) is 5.91 Å². The molecule has 4 nitrogen and oxygen atoms in total. The Morgan fingerprint density at radius 2 is 2.10 bits per heavy atom. The Hall–Kier alpha value is -0.820. The van der Waals surface area contributed by atoms with Crippen molar-refractivity contribution in [1.29, 1.82) is 0 Å². The van der Waals surface area contributed by atoms with Crippen molar-refractivity contribution in [2.75, 3.05) is 26.2 Å². The standard InChI is InChI=1S/C13H21F3N2O2/c1-9-11(17-5-7-20-9)12(19)18(8-10-2-3-10)6-4-13(14,15)16/h9-11,17H,2-8H2,1H3/t9-,11+/m1/s1. The van der Waals surface area contributed by atoms with Gasteiger partial charge in [-0.3, -0.25) is 4.79 Å². The maximum atomic E-state index is 12.4. The number of rotatable bonds is 5. The fraction of sp³-hybridized carbons (Fsp3) is 0.923. The highest BCUT2D eigenvalue weighted by atomic mass is 19.4. The lowest BCUT2D eigenvalue weighted by atomic mass is 10.1. The van der Waals surface area contributed by atoms with Gasteiger partial charge in [-0.2, -0.15) is 13.2 Å². The van der Waals surface area contributed by atoms with Gasteiger partial charge in [0.15, 0.2) is 0 Å². The molecule has 1 heterocycles. The zero-order valence-electron chi connectivity index (χ0n) is 11.6. The molecular weight excluding hydrogens is 273 g/mol. The third-order valence-corrected chi connectivity index (χ3v) is 3.73. The van der Waals surface area contributed by atoms with Crippen LogP contribution in [-0.2, 0) is 9.53 Å². The number of hydrogen-bond donors (Lipinski definition) is 1. The first-order chi connectivity index (χ1) is 9.37. The Kier molecular flexibility index (Phi) is 4.90. The molecule has 20 heavy (non-hydrogen) atoms. The lowest BCUT2D eigenvalue weighted by Gasteiger charge is -2.34. The first-order valence-corrected chi connectivity index (χ1v) is 7.07. The molecule has 0 radical (unpaired) electrons. The normalized spacial score (nSPS) is 27.4. The van der Waals surface area contributed by atoms with Crippen LogP contribution in [0.2, 0.25) is 0 Å². The van der Waals surface area contributed by atoms with Crippen molar-refractivity contribution >= 4 is 5.91 Å². The summed E-state index contributed by atoms with van der Waals surface area (Å²) in [4.78, 5) is 13.8. The summed E-state index contributed by atoms with van der Waals surface area (Å²) in [5.74, 6) is 0.0975. The minimum atomic E-state index is -4.23. The van der Waals surface area contributed by atoms with Crippen LogP contribution in [0.4, 0.5) is 13.2 Å². The lowest BCUT2D eigenvalue weighted by Crippen LogP contribution is -2.57. The third-order valence-electron chi connectivity index (χ3n) is 3.73. The maximum absolute atomic E-state index is 12.4. The number of amides is 1. The minimum absolute atomic E-state index is 0.260. The van der Waals surface area contributed by atoms with Crippen LogP contribution in [0.1, 0.15) is 26.2 Å². The predicted molar refractivity (Wildman–Crippen MR) is 67.2 cm³/mol. The molecule has 2 fully saturated rings. The van der Waals surface area contributed by atoms with Crippen LogP contribution in [0.3, 0.4) is 0 Å². The summed E-state index contributed by atoms with van der Waals surface area (Å²) in [6.07, 6.45) is -3.49. The molecule has 1 aliphatic carbocycles. The van der Waals surface area contributed by atoms with E-state index in [1.807, 2.05) is 0 Å². The number of hydrogen-bond acceptors (Lipinski definition) is 3. The summed E-state index contributed by atoms with van der Waals surface area (Å²) >= 11 is 0. The van der Waals surface area contributed by atoms with Crippen LogP contribution in [0.5, 0.6) is 0 Å². The molecule has 1 amide bonds. The Bertz CT molecular complexity index is 345. The summed E-state index contributed by atoms with van der Waals surface area (Å²) < 4.78 is 42.5. The molecule has 0 unspecified atom stereocenters. The Labute approximate surface area is 116 Å². The number of alkyl halides is 3. The highest BCUT2D eigenvalue weighted by Gasteiger charge is 2.36. The second-order valence-electron chi connectivity index (χ2n) is 5.60. The molecular formula is C13H21F3N2O2. The van der Waals surface area contributed by atoms with Crippen molar-refractivity contribution in [2.24, 2.45) is 5.92 Å². The molecule has 1 N–H and O–H groups in total. The summed E-state index contributed by atoms with van der Waals surface area (Å²) in [7, 11) is 0. The number of halogens is 3. The number of morpholine rings is 1. The Balaban J connectivity index is 1.94. The molecule has 0 bridgehead atoms. The van der Waals surface area contributed by atoms with E-state index in [0.717, 1.165) is 12.8 Å². The fourth-order valence-corrected chi connectivity index (χ4v) is 2.37. The summed E-state index contributed by atoms with van der Waals surface area (Å²) in [6, 6.07) is -0.532. The van der Waals surface area contributed by atoms with E-state index in [1.165, 1.54) is 4.90 Å². The van der Waals surface area contributed by atoms with E-state index in [1.54, 1.807) is 6.92 Å². The van der Waals surface area contributed by atoms with Gasteiger partial charge in [0, 0.05) is 19.6 Å². The molecule has 2 atom stereocenters. The molecule has 0 aromatic heterocycles. The van der Waals surface area contributed by atoms with E-state index < -0.39 is 18.6 Å². The molecule has 1 saturated heterocycles. The molecule has 1 saturated carbocycles. The first kappa shape index (κ1) is 15.6. The second-order valence-corrected chi connectivity index (χ2v) is 5.60. The molecule has 0 aromatic carbocycles. The van der Waals surface area contributed by atoms with E-state index in [4.69, 9.17) is 4.74 Å². The van der Waals surface area contributed by atoms with Crippen LogP contribution in [0.15, 0.2) is 0 Å². The van der Waals surface area contributed by atoms with E-state index >= 15 is 0 Å². The number of ether oxygens (including phenoxy) is 1. The van der Waals surface area contributed by atoms with Crippen LogP contribution in [0, 0.1) is 5.92 Å². The van der Waals surface area contributed by atoms with Crippen molar-refractivity contribution in [2.45, 2.75) is 44.5 Å². The van der Waals surface area contributed by atoms with Gasteiger partial charge in [-0.05, 0) is 25.7 Å².